The van der Waals surface area contributed by atoms with Crippen LogP contribution in [0.3, 0.4) is 0 Å². The van der Waals surface area contributed by atoms with Gasteiger partial charge in [-0.2, -0.15) is 0 Å². The summed E-state index contributed by atoms with van der Waals surface area (Å²) in [6.45, 7) is 1.99. The SMILES string of the molecule is Cc1cccc(C(=O)C2CSc3ccccc3O2)c1. The monoisotopic (exact) mass is 270 g/mol. The fourth-order valence-corrected chi connectivity index (χ4v) is 3.12. The summed E-state index contributed by atoms with van der Waals surface area (Å²) in [6.07, 6.45) is -0.387. The van der Waals surface area contributed by atoms with Crippen molar-refractivity contribution in [2.45, 2.75) is 17.9 Å². The zero-order valence-electron chi connectivity index (χ0n) is 10.6. The zero-order chi connectivity index (χ0) is 13.2. The Morgan fingerprint density at radius 3 is 2.89 bits per heavy atom. The number of benzene rings is 2. The van der Waals surface area contributed by atoms with E-state index in [9.17, 15) is 4.79 Å². The van der Waals surface area contributed by atoms with E-state index >= 15 is 0 Å². The third-order valence-corrected chi connectivity index (χ3v) is 4.22. The van der Waals surface area contributed by atoms with Crippen molar-refractivity contribution in [3.63, 3.8) is 0 Å². The van der Waals surface area contributed by atoms with Gasteiger partial charge in [0.15, 0.2) is 6.10 Å². The van der Waals surface area contributed by atoms with Gasteiger partial charge in [0.05, 0.1) is 0 Å². The molecule has 0 saturated heterocycles. The first-order chi connectivity index (χ1) is 9.24. The number of ether oxygens (including phenoxy) is 1. The van der Waals surface area contributed by atoms with E-state index < -0.39 is 0 Å². The van der Waals surface area contributed by atoms with Gasteiger partial charge in [-0.25, -0.2) is 0 Å². The molecular weight excluding hydrogens is 256 g/mol. The summed E-state index contributed by atoms with van der Waals surface area (Å²) >= 11 is 1.68. The topological polar surface area (TPSA) is 26.3 Å². The van der Waals surface area contributed by atoms with Crippen molar-refractivity contribution in [2.24, 2.45) is 0 Å². The van der Waals surface area contributed by atoms with Crippen LogP contribution in [0.2, 0.25) is 0 Å². The number of aryl methyl sites for hydroxylation is 1. The number of carbonyl (C=O) groups is 1. The van der Waals surface area contributed by atoms with Crippen molar-refractivity contribution >= 4 is 17.5 Å². The molecule has 2 aromatic carbocycles. The first-order valence-electron chi connectivity index (χ1n) is 6.23. The summed E-state index contributed by atoms with van der Waals surface area (Å²) in [5.41, 5.74) is 1.82. The Morgan fingerprint density at radius 1 is 1.21 bits per heavy atom. The average molecular weight is 270 g/mol. The van der Waals surface area contributed by atoms with Gasteiger partial charge in [-0.05, 0) is 25.1 Å². The number of thioether (sulfide) groups is 1. The smallest absolute Gasteiger partial charge is 0.204 e. The summed E-state index contributed by atoms with van der Waals surface area (Å²) in [6, 6.07) is 15.5. The van der Waals surface area contributed by atoms with Crippen LogP contribution < -0.4 is 4.74 Å². The molecule has 0 aromatic heterocycles. The Bertz CT molecular complexity index is 622. The maximum Gasteiger partial charge on any atom is 0.204 e. The fourth-order valence-electron chi connectivity index (χ4n) is 2.13. The van der Waals surface area contributed by atoms with Crippen LogP contribution in [0.4, 0.5) is 0 Å². The van der Waals surface area contributed by atoms with Crippen molar-refractivity contribution in [1.82, 2.24) is 0 Å². The van der Waals surface area contributed by atoms with Crippen LogP contribution in [0, 0.1) is 6.92 Å². The first kappa shape index (κ1) is 12.3. The van der Waals surface area contributed by atoms with E-state index in [1.165, 1.54) is 0 Å². The molecule has 0 bridgehead atoms. The number of fused-ring (bicyclic) bond motifs is 1. The van der Waals surface area contributed by atoms with Crippen LogP contribution in [0.5, 0.6) is 5.75 Å². The maximum absolute atomic E-state index is 12.4. The van der Waals surface area contributed by atoms with Gasteiger partial charge >= 0.3 is 0 Å². The van der Waals surface area contributed by atoms with Crippen LogP contribution in [-0.4, -0.2) is 17.6 Å². The molecule has 1 atom stereocenters. The van der Waals surface area contributed by atoms with Crippen molar-refractivity contribution < 1.29 is 9.53 Å². The molecule has 0 radical (unpaired) electrons. The minimum absolute atomic E-state index is 0.0608. The average Bonchev–Trinajstić information content (AvgIpc) is 2.46. The number of para-hydroxylation sites is 1. The van der Waals surface area contributed by atoms with Gasteiger partial charge in [0.1, 0.15) is 5.75 Å². The number of rotatable bonds is 2. The molecule has 1 heterocycles. The second-order valence-electron chi connectivity index (χ2n) is 4.60. The highest BCUT2D eigenvalue weighted by Crippen LogP contribution is 2.35. The highest BCUT2D eigenvalue weighted by Gasteiger charge is 2.27. The second-order valence-corrected chi connectivity index (χ2v) is 5.66. The third kappa shape index (κ3) is 2.51. The van der Waals surface area contributed by atoms with Crippen LogP contribution in [0.1, 0.15) is 15.9 Å². The van der Waals surface area contributed by atoms with Crippen molar-refractivity contribution in [2.75, 3.05) is 5.75 Å². The minimum Gasteiger partial charge on any atom is -0.480 e. The summed E-state index contributed by atoms with van der Waals surface area (Å²) in [5, 5.41) is 0. The Balaban J connectivity index is 1.83. The summed E-state index contributed by atoms with van der Waals surface area (Å²) < 4.78 is 5.82. The Labute approximate surface area is 116 Å². The molecule has 19 heavy (non-hydrogen) atoms. The van der Waals surface area contributed by atoms with Gasteiger partial charge in [-0.3, -0.25) is 4.79 Å². The summed E-state index contributed by atoms with van der Waals surface area (Å²) in [7, 11) is 0. The molecule has 1 aliphatic heterocycles. The number of carbonyl (C=O) groups excluding carboxylic acids is 1. The van der Waals surface area contributed by atoms with E-state index in [4.69, 9.17) is 4.74 Å². The van der Waals surface area contributed by atoms with Gasteiger partial charge in [0.2, 0.25) is 5.78 Å². The minimum atomic E-state index is -0.387. The number of ketones is 1. The maximum atomic E-state index is 12.4. The molecule has 3 rings (SSSR count). The first-order valence-corrected chi connectivity index (χ1v) is 7.22. The lowest BCUT2D eigenvalue weighted by Crippen LogP contribution is -2.32. The van der Waals surface area contributed by atoms with E-state index in [1.807, 2.05) is 55.5 Å². The van der Waals surface area contributed by atoms with Gasteiger partial charge in [-0.15, -0.1) is 11.8 Å². The molecule has 0 spiro atoms. The molecular formula is C16H14O2S. The van der Waals surface area contributed by atoms with E-state index in [0.29, 0.717) is 5.75 Å². The molecule has 3 heteroatoms. The molecule has 0 amide bonds. The van der Waals surface area contributed by atoms with Crippen LogP contribution >= 0.6 is 11.8 Å². The molecule has 1 aliphatic rings. The largest absolute Gasteiger partial charge is 0.480 e. The van der Waals surface area contributed by atoms with E-state index in [1.54, 1.807) is 11.8 Å². The highest BCUT2D eigenvalue weighted by molar-refractivity contribution is 7.99. The normalized spacial score (nSPS) is 17.4. The highest BCUT2D eigenvalue weighted by atomic mass is 32.2. The van der Waals surface area contributed by atoms with E-state index in [2.05, 4.69) is 0 Å². The van der Waals surface area contributed by atoms with E-state index in [0.717, 1.165) is 21.8 Å². The van der Waals surface area contributed by atoms with Crippen LogP contribution in [-0.2, 0) is 0 Å². The molecule has 1 unspecified atom stereocenters. The summed E-state index contributed by atoms with van der Waals surface area (Å²) in [5.74, 6) is 1.54. The molecule has 0 N–H and O–H groups in total. The number of Topliss-reactive ketones (excluding diaryl/α,β-unsaturated/α-hetero) is 1. The Hall–Kier alpha value is -1.74. The quantitative estimate of drug-likeness (QED) is 0.778. The predicted molar refractivity (Wildman–Crippen MR) is 77.1 cm³/mol. The molecule has 0 fully saturated rings. The van der Waals surface area contributed by atoms with E-state index in [-0.39, 0.29) is 11.9 Å². The fraction of sp³-hybridized carbons (Fsp3) is 0.188. The van der Waals surface area contributed by atoms with Crippen LogP contribution in [0.25, 0.3) is 0 Å². The predicted octanol–water partition coefficient (Wildman–Crippen LogP) is 3.73. The van der Waals surface area contributed by atoms with Crippen molar-refractivity contribution in [1.29, 1.82) is 0 Å². The lowest BCUT2D eigenvalue weighted by molar-refractivity contribution is 0.0815. The molecule has 2 aromatic rings. The van der Waals surface area contributed by atoms with Gasteiger partial charge in [0.25, 0.3) is 0 Å². The lowest BCUT2D eigenvalue weighted by atomic mass is 10.0. The van der Waals surface area contributed by atoms with Gasteiger partial charge in [-0.1, -0.05) is 35.9 Å². The van der Waals surface area contributed by atoms with Gasteiger partial charge in [0, 0.05) is 16.2 Å². The molecule has 2 nitrogen and oxygen atoms in total. The third-order valence-electron chi connectivity index (χ3n) is 3.10. The molecule has 0 aliphatic carbocycles. The second kappa shape index (κ2) is 5.10. The zero-order valence-corrected chi connectivity index (χ0v) is 11.4. The van der Waals surface area contributed by atoms with Crippen LogP contribution in [0.15, 0.2) is 53.4 Å². The number of hydrogen-bond acceptors (Lipinski definition) is 3. The summed E-state index contributed by atoms with van der Waals surface area (Å²) in [4.78, 5) is 13.5. The Kier molecular flexibility index (Phi) is 3.30. The van der Waals surface area contributed by atoms with Crippen molar-refractivity contribution in [3.05, 3.63) is 59.7 Å². The number of hydrogen-bond donors (Lipinski definition) is 0. The lowest BCUT2D eigenvalue weighted by Gasteiger charge is -2.24. The Morgan fingerprint density at radius 2 is 2.05 bits per heavy atom. The molecule has 0 saturated carbocycles. The standard InChI is InChI=1S/C16H14O2S/c1-11-5-4-6-12(9-11)16(17)14-10-19-15-8-3-2-7-13(15)18-14/h2-9,14H,10H2,1H3. The van der Waals surface area contributed by atoms with Crippen molar-refractivity contribution in [3.8, 4) is 5.75 Å². The molecule has 96 valence electrons. The van der Waals surface area contributed by atoms with Gasteiger partial charge < -0.3 is 4.74 Å².